The Labute approximate surface area is 188 Å². The zero-order chi connectivity index (χ0) is 22.7. The van der Waals surface area contributed by atoms with Crippen molar-refractivity contribution in [1.29, 1.82) is 0 Å². The van der Waals surface area contributed by atoms with Crippen LogP contribution in [0, 0.1) is 20.8 Å². The van der Waals surface area contributed by atoms with Crippen molar-refractivity contribution in [3.63, 3.8) is 0 Å². The third-order valence-electron chi connectivity index (χ3n) is 5.89. The van der Waals surface area contributed by atoms with Gasteiger partial charge in [-0.25, -0.2) is 4.98 Å². The van der Waals surface area contributed by atoms with Gasteiger partial charge in [-0.05, 0) is 56.2 Å². The van der Waals surface area contributed by atoms with E-state index in [1.807, 2.05) is 57.2 Å². The lowest BCUT2D eigenvalue weighted by molar-refractivity contribution is -0.116. The fraction of sp³-hybridized carbons (Fsp3) is 0.320. The van der Waals surface area contributed by atoms with E-state index in [4.69, 9.17) is 0 Å². The number of nitrogens with zero attached hydrogens (tertiary/aromatic N) is 4. The molecule has 1 aromatic heterocycles. The maximum Gasteiger partial charge on any atom is 0.255 e. The number of nitrogens with one attached hydrogen (secondary N) is 1. The third kappa shape index (κ3) is 4.82. The highest BCUT2D eigenvalue weighted by atomic mass is 16.2. The minimum absolute atomic E-state index is 0.0761. The Morgan fingerprint density at radius 2 is 1.59 bits per heavy atom. The van der Waals surface area contributed by atoms with E-state index in [1.165, 1.54) is 21.9 Å². The van der Waals surface area contributed by atoms with Crippen LogP contribution in [0.5, 0.6) is 0 Å². The van der Waals surface area contributed by atoms with Gasteiger partial charge in [0.05, 0.1) is 0 Å². The molecule has 1 saturated heterocycles. The summed E-state index contributed by atoms with van der Waals surface area (Å²) in [5.41, 5.74) is 4.63. The van der Waals surface area contributed by atoms with Crippen LogP contribution in [0.4, 0.5) is 17.3 Å². The highest BCUT2D eigenvalue weighted by molar-refractivity contribution is 5.90. The SMILES string of the molecule is Cc1cc(=O)n(CC(=O)Nc2ccc(C)c(C)c2)c(N2CCN(c3ccccc3)CC2)n1. The van der Waals surface area contributed by atoms with E-state index >= 15 is 0 Å². The maximum absolute atomic E-state index is 12.8. The van der Waals surface area contributed by atoms with Crippen molar-refractivity contribution in [3.05, 3.63) is 81.8 Å². The molecule has 2 aromatic carbocycles. The molecule has 32 heavy (non-hydrogen) atoms. The van der Waals surface area contributed by atoms with Crippen LogP contribution in [0.1, 0.15) is 16.8 Å². The van der Waals surface area contributed by atoms with Crippen molar-refractivity contribution in [2.75, 3.05) is 41.3 Å². The average molecular weight is 432 g/mol. The number of rotatable bonds is 5. The van der Waals surface area contributed by atoms with Gasteiger partial charge in [-0.3, -0.25) is 14.2 Å². The van der Waals surface area contributed by atoms with E-state index in [-0.39, 0.29) is 18.0 Å². The molecule has 2 heterocycles. The fourth-order valence-corrected chi connectivity index (χ4v) is 3.96. The van der Waals surface area contributed by atoms with Crippen LogP contribution >= 0.6 is 0 Å². The van der Waals surface area contributed by atoms with Crippen molar-refractivity contribution in [3.8, 4) is 0 Å². The van der Waals surface area contributed by atoms with Gasteiger partial charge in [0.25, 0.3) is 5.56 Å². The molecular formula is C25H29N5O2. The molecular weight excluding hydrogens is 402 g/mol. The lowest BCUT2D eigenvalue weighted by atomic mass is 10.1. The van der Waals surface area contributed by atoms with Crippen molar-refractivity contribution >= 4 is 23.2 Å². The van der Waals surface area contributed by atoms with Crippen LogP contribution in [0.15, 0.2) is 59.4 Å². The average Bonchev–Trinajstić information content (AvgIpc) is 2.79. The number of hydrogen-bond donors (Lipinski definition) is 1. The molecule has 7 heteroatoms. The molecule has 0 spiro atoms. The summed E-state index contributed by atoms with van der Waals surface area (Å²) in [5, 5.41) is 2.91. The number of aromatic nitrogens is 2. The summed E-state index contributed by atoms with van der Waals surface area (Å²) in [7, 11) is 0. The summed E-state index contributed by atoms with van der Waals surface area (Å²) in [6, 6.07) is 17.6. The second-order valence-electron chi connectivity index (χ2n) is 8.28. The highest BCUT2D eigenvalue weighted by Gasteiger charge is 2.22. The van der Waals surface area contributed by atoms with Gasteiger partial charge in [0, 0.05) is 49.3 Å². The zero-order valence-corrected chi connectivity index (χ0v) is 18.8. The quantitative estimate of drug-likeness (QED) is 0.672. The molecule has 1 fully saturated rings. The second kappa shape index (κ2) is 9.26. The van der Waals surface area contributed by atoms with Crippen LogP contribution in [-0.2, 0) is 11.3 Å². The van der Waals surface area contributed by atoms with Crippen LogP contribution in [-0.4, -0.2) is 41.6 Å². The van der Waals surface area contributed by atoms with Crippen molar-refractivity contribution in [1.82, 2.24) is 9.55 Å². The number of amides is 1. The predicted octanol–water partition coefficient (Wildman–Crippen LogP) is 3.13. The molecule has 4 rings (SSSR count). The number of para-hydroxylation sites is 1. The van der Waals surface area contributed by atoms with Crippen LogP contribution < -0.4 is 20.7 Å². The van der Waals surface area contributed by atoms with Gasteiger partial charge in [-0.1, -0.05) is 24.3 Å². The molecule has 1 amide bonds. The molecule has 0 radical (unpaired) electrons. The van der Waals surface area contributed by atoms with Gasteiger partial charge in [-0.15, -0.1) is 0 Å². The molecule has 1 aliphatic heterocycles. The normalized spacial score (nSPS) is 13.8. The summed E-state index contributed by atoms with van der Waals surface area (Å²) in [5.74, 6) is 0.308. The Hall–Kier alpha value is -3.61. The highest BCUT2D eigenvalue weighted by Crippen LogP contribution is 2.19. The lowest BCUT2D eigenvalue weighted by Crippen LogP contribution is -2.48. The van der Waals surface area contributed by atoms with Gasteiger partial charge in [0.15, 0.2) is 0 Å². The molecule has 0 saturated carbocycles. The number of anilines is 3. The number of piperazine rings is 1. The molecule has 166 valence electrons. The van der Waals surface area contributed by atoms with Gasteiger partial charge < -0.3 is 15.1 Å². The number of aryl methyl sites for hydroxylation is 3. The smallest absolute Gasteiger partial charge is 0.255 e. The number of benzene rings is 2. The fourth-order valence-electron chi connectivity index (χ4n) is 3.96. The summed E-state index contributed by atoms with van der Waals surface area (Å²) < 4.78 is 1.47. The van der Waals surface area contributed by atoms with Crippen LogP contribution in [0.3, 0.4) is 0 Å². The lowest BCUT2D eigenvalue weighted by Gasteiger charge is -2.37. The molecule has 3 aromatic rings. The first-order valence-corrected chi connectivity index (χ1v) is 10.9. The van der Waals surface area contributed by atoms with E-state index in [2.05, 4.69) is 32.2 Å². The van der Waals surface area contributed by atoms with Gasteiger partial charge >= 0.3 is 0 Å². The van der Waals surface area contributed by atoms with Gasteiger partial charge in [-0.2, -0.15) is 0 Å². The number of carbonyl (C=O) groups is 1. The zero-order valence-electron chi connectivity index (χ0n) is 18.8. The van der Waals surface area contributed by atoms with Crippen molar-refractivity contribution in [2.24, 2.45) is 0 Å². The van der Waals surface area contributed by atoms with E-state index in [1.54, 1.807) is 0 Å². The topological polar surface area (TPSA) is 70.5 Å². The number of hydrogen-bond acceptors (Lipinski definition) is 5. The standard InChI is InChI=1S/C25H29N5O2/c1-18-9-10-21(15-19(18)2)27-23(31)17-30-24(32)16-20(3)26-25(30)29-13-11-28(12-14-29)22-7-5-4-6-8-22/h4-10,15-16H,11-14,17H2,1-3H3,(H,27,31). The van der Waals surface area contributed by atoms with E-state index in [9.17, 15) is 9.59 Å². The first kappa shape index (κ1) is 21.6. The molecule has 0 atom stereocenters. The summed E-state index contributed by atoms with van der Waals surface area (Å²) in [6.07, 6.45) is 0. The van der Waals surface area contributed by atoms with E-state index < -0.39 is 0 Å². The molecule has 1 N–H and O–H groups in total. The number of carbonyl (C=O) groups excluding carboxylic acids is 1. The first-order chi connectivity index (χ1) is 15.4. The maximum atomic E-state index is 12.8. The monoisotopic (exact) mass is 431 g/mol. The van der Waals surface area contributed by atoms with Gasteiger partial charge in [0.2, 0.25) is 11.9 Å². The molecule has 7 nitrogen and oxygen atoms in total. The van der Waals surface area contributed by atoms with E-state index in [0.717, 1.165) is 37.4 Å². The summed E-state index contributed by atoms with van der Waals surface area (Å²) in [4.78, 5) is 34.6. The van der Waals surface area contributed by atoms with Crippen LogP contribution in [0.2, 0.25) is 0 Å². The molecule has 1 aliphatic rings. The Bertz CT molecular complexity index is 1160. The Morgan fingerprint density at radius 3 is 2.28 bits per heavy atom. The Kier molecular flexibility index (Phi) is 6.25. The second-order valence-corrected chi connectivity index (χ2v) is 8.28. The van der Waals surface area contributed by atoms with Crippen molar-refractivity contribution < 1.29 is 4.79 Å². The molecule has 0 aliphatic carbocycles. The molecule has 0 bridgehead atoms. The minimum atomic E-state index is -0.245. The van der Waals surface area contributed by atoms with E-state index in [0.29, 0.717) is 11.6 Å². The first-order valence-electron chi connectivity index (χ1n) is 10.9. The summed E-state index contributed by atoms with van der Waals surface area (Å²) >= 11 is 0. The minimum Gasteiger partial charge on any atom is -0.368 e. The van der Waals surface area contributed by atoms with Crippen molar-refractivity contribution in [2.45, 2.75) is 27.3 Å². The third-order valence-corrected chi connectivity index (χ3v) is 5.89. The largest absolute Gasteiger partial charge is 0.368 e. The summed E-state index contributed by atoms with van der Waals surface area (Å²) in [6.45, 7) is 8.87. The molecule has 0 unspecified atom stereocenters. The van der Waals surface area contributed by atoms with Crippen LogP contribution in [0.25, 0.3) is 0 Å². The predicted molar refractivity (Wildman–Crippen MR) is 129 cm³/mol. The Morgan fingerprint density at radius 1 is 0.906 bits per heavy atom. The Balaban J connectivity index is 1.50. The van der Waals surface area contributed by atoms with Gasteiger partial charge in [0.1, 0.15) is 6.54 Å².